The zero-order valence-electron chi connectivity index (χ0n) is 25.8. The molecule has 214 valence electrons. The Hall–Kier alpha value is -2.36. The molecule has 3 nitrogen and oxygen atoms in total. The number of hydrogen-bond acceptors (Lipinski definition) is 2. The Bertz CT molecular complexity index is 1480. The van der Waals surface area contributed by atoms with E-state index in [9.17, 15) is 0 Å². The van der Waals surface area contributed by atoms with Crippen molar-refractivity contribution in [1.82, 2.24) is 0 Å². The molecule has 1 heterocycles. The summed E-state index contributed by atoms with van der Waals surface area (Å²) >= 11 is 0.194. The van der Waals surface area contributed by atoms with Gasteiger partial charge < -0.3 is 4.42 Å². The molecule has 0 atom stereocenters. The molecule has 0 aliphatic carbocycles. The fourth-order valence-corrected chi connectivity index (χ4v) is 5.42. The number of rotatable bonds is 4. The third kappa shape index (κ3) is 5.97. The van der Waals surface area contributed by atoms with E-state index in [1.165, 1.54) is 55.6 Å². The normalized spacial score (nSPS) is 12.2. The molecule has 0 saturated heterocycles. The molecule has 0 spiro atoms. The molecule has 3 aromatic carbocycles. The van der Waals surface area contributed by atoms with E-state index in [0.29, 0.717) is 0 Å². The molecule has 0 unspecified atom stereocenters. The molecule has 0 aliphatic rings. The maximum absolute atomic E-state index is 5.17. The summed E-state index contributed by atoms with van der Waals surface area (Å²) in [7, 11) is 9.53. The van der Waals surface area contributed by atoms with E-state index < -0.39 is 0 Å². The summed E-state index contributed by atoms with van der Waals surface area (Å²) in [6.45, 7) is 26.0. The van der Waals surface area contributed by atoms with Crippen molar-refractivity contribution in [2.45, 2.75) is 83.1 Å². The van der Waals surface area contributed by atoms with Crippen LogP contribution < -0.4 is 0 Å². The summed E-state index contributed by atoms with van der Waals surface area (Å²) in [5.41, 5.74) is 16.9. The van der Waals surface area contributed by atoms with E-state index in [1.807, 2.05) is 0 Å². The SMILES string of the molecule is CC(=Nc1c(C)c(C)c(C)c(C)c1C)c1[oH+]c(C(C)=Nc2c(C)c(C)c(C)c(C)c2C)c2ccccc12.[Cl][Fe][Cl]. The zero-order valence-corrected chi connectivity index (χ0v) is 28.4. The molecule has 1 N–H and O–H groups in total. The van der Waals surface area contributed by atoms with E-state index >= 15 is 0 Å². The summed E-state index contributed by atoms with van der Waals surface area (Å²) in [4.78, 5) is 10.3. The van der Waals surface area contributed by atoms with E-state index in [2.05, 4.69) is 107 Å². The van der Waals surface area contributed by atoms with E-state index in [4.69, 9.17) is 34.6 Å². The molecule has 0 radical (unpaired) electrons. The Morgan fingerprint density at radius 2 is 0.775 bits per heavy atom. The summed E-state index contributed by atoms with van der Waals surface area (Å²) in [5.74, 6) is 1.86. The Morgan fingerprint density at radius 1 is 0.525 bits per heavy atom. The van der Waals surface area contributed by atoms with Gasteiger partial charge in [0, 0.05) is 0 Å². The van der Waals surface area contributed by atoms with Crippen molar-refractivity contribution in [3.8, 4) is 0 Å². The molecule has 0 bridgehead atoms. The molecule has 4 rings (SSSR count). The summed E-state index contributed by atoms with van der Waals surface area (Å²) < 4.78 is 5.16. The summed E-state index contributed by atoms with van der Waals surface area (Å²) in [6, 6.07) is 8.45. The number of hydrogen-bond donors (Lipinski definition) is 0. The van der Waals surface area contributed by atoms with Gasteiger partial charge in [-0.3, -0.25) is 0 Å². The first kappa shape index (κ1) is 32.2. The van der Waals surface area contributed by atoms with Crippen LogP contribution in [0.4, 0.5) is 11.4 Å². The van der Waals surface area contributed by atoms with Crippen LogP contribution in [0.5, 0.6) is 0 Å². The number of fused-ring (bicyclic) bond motifs is 1. The van der Waals surface area contributed by atoms with Gasteiger partial charge in [0.25, 0.3) is 11.5 Å². The number of furan rings is 1. The average molecular weight is 620 g/mol. The first-order valence-corrected chi connectivity index (χ1v) is 16.5. The second-order valence-electron chi connectivity index (χ2n) is 10.7. The van der Waals surface area contributed by atoms with Gasteiger partial charge >= 0.3 is 33.3 Å². The quantitative estimate of drug-likeness (QED) is 0.124. The standard InChI is InChI=1S/C34H40N2O.2ClH.Fe/c1-17-19(3)23(7)31(24(8)20(17)4)35-27(11)33-29-15-13-14-16-30(29)34(37-33)28(12)36-32-25(9)21(5)18(2)22(6)26(32)10;;;/h13-16H,1-12H3;2*1H;/q;;;+2/p-1. The minimum absolute atomic E-state index is 0.194. The Labute approximate surface area is 254 Å². The molecule has 6 heteroatoms. The first-order valence-electron chi connectivity index (χ1n) is 13.4. The van der Waals surface area contributed by atoms with Crippen molar-refractivity contribution in [1.29, 1.82) is 0 Å². The molecular weight excluding hydrogens is 579 g/mol. The van der Waals surface area contributed by atoms with E-state index in [0.717, 1.165) is 45.1 Å². The Balaban J connectivity index is 0.00000141. The van der Waals surface area contributed by atoms with Gasteiger partial charge in [0.2, 0.25) is 0 Å². The number of aliphatic imine (C=N–C) groups is 2. The Kier molecular flexibility index (Phi) is 10.5. The van der Waals surface area contributed by atoms with E-state index in [1.54, 1.807) is 0 Å². The second-order valence-corrected chi connectivity index (χ2v) is 12.6. The van der Waals surface area contributed by atoms with Crippen LogP contribution in [0.25, 0.3) is 10.8 Å². The van der Waals surface area contributed by atoms with Gasteiger partial charge in [-0.05, 0) is 151 Å². The molecular formula is C34H41Cl2FeN2O+. The van der Waals surface area contributed by atoms with Gasteiger partial charge in [-0.25, -0.2) is 9.98 Å². The third-order valence-corrected chi connectivity index (χ3v) is 8.83. The third-order valence-electron chi connectivity index (χ3n) is 8.83. The van der Waals surface area contributed by atoms with Gasteiger partial charge in [0.1, 0.15) is 11.4 Å². The fourth-order valence-electron chi connectivity index (χ4n) is 5.42. The first-order chi connectivity index (χ1) is 18.8. The van der Waals surface area contributed by atoms with E-state index in [-0.39, 0.29) is 13.1 Å². The van der Waals surface area contributed by atoms with Crippen molar-refractivity contribution >= 4 is 53.8 Å². The molecule has 4 aromatic rings. The minimum atomic E-state index is 0.194. The van der Waals surface area contributed by atoms with Gasteiger partial charge in [-0.2, -0.15) is 0 Å². The van der Waals surface area contributed by atoms with Crippen LogP contribution in [0.15, 0.2) is 38.7 Å². The predicted molar refractivity (Wildman–Crippen MR) is 173 cm³/mol. The maximum atomic E-state index is 5.17. The van der Waals surface area contributed by atoms with Crippen molar-refractivity contribution in [3.05, 3.63) is 91.4 Å². The van der Waals surface area contributed by atoms with Gasteiger partial charge in [0.05, 0.1) is 22.1 Å². The fraction of sp³-hybridized carbons (Fsp3) is 0.353. The zero-order chi connectivity index (χ0) is 30.0. The molecule has 0 aliphatic heterocycles. The number of benzene rings is 3. The van der Waals surface area contributed by atoms with Crippen LogP contribution in [0.2, 0.25) is 0 Å². The molecule has 0 saturated carbocycles. The molecule has 0 amide bonds. The van der Waals surface area contributed by atoms with Crippen LogP contribution in [-0.4, -0.2) is 11.4 Å². The average Bonchev–Trinajstić information content (AvgIpc) is 3.33. The van der Waals surface area contributed by atoms with Crippen LogP contribution in [0.1, 0.15) is 81.0 Å². The van der Waals surface area contributed by atoms with Crippen molar-refractivity contribution in [3.63, 3.8) is 0 Å². The monoisotopic (exact) mass is 619 g/mol. The topological polar surface area (TPSA) is 37.5 Å². The summed E-state index contributed by atoms with van der Waals surface area (Å²) in [5, 5.41) is 2.24. The van der Waals surface area contributed by atoms with Crippen molar-refractivity contribution < 1.29 is 17.6 Å². The second kappa shape index (κ2) is 13.1. The van der Waals surface area contributed by atoms with Crippen LogP contribution in [0.3, 0.4) is 0 Å². The van der Waals surface area contributed by atoms with Crippen LogP contribution >= 0.6 is 20.2 Å². The molecule has 40 heavy (non-hydrogen) atoms. The predicted octanol–water partition coefficient (Wildman–Crippen LogP) is 11.3. The van der Waals surface area contributed by atoms with Gasteiger partial charge in [-0.1, -0.05) is 12.1 Å². The molecule has 0 fully saturated rings. The Morgan fingerprint density at radius 3 is 1.05 bits per heavy atom. The van der Waals surface area contributed by atoms with Gasteiger partial charge in [0.15, 0.2) is 0 Å². The van der Waals surface area contributed by atoms with Crippen LogP contribution in [-0.2, 0) is 13.1 Å². The van der Waals surface area contributed by atoms with Gasteiger partial charge in [-0.15, -0.1) is 0 Å². The number of nitrogens with zero attached hydrogens (tertiary/aromatic N) is 2. The van der Waals surface area contributed by atoms with Crippen LogP contribution in [0, 0.1) is 69.2 Å². The summed E-state index contributed by atoms with van der Waals surface area (Å²) in [6.07, 6.45) is 0. The number of halogens is 2. The van der Waals surface area contributed by atoms with Crippen molar-refractivity contribution in [2.24, 2.45) is 9.98 Å². The molecule has 1 aromatic heterocycles. The van der Waals surface area contributed by atoms with Crippen molar-refractivity contribution in [2.75, 3.05) is 0 Å².